The summed E-state index contributed by atoms with van der Waals surface area (Å²) in [5, 5.41) is 0. The van der Waals surface area contributed by atoms with Crippen LogP contribution in [-0.2, 0) is 16.1 Å². The molecule has 27 heavy (non-hydrogen) atoms. The van der Waals surface area contributed by atoms with E-state index in [0.717, 1.165) is 24.8 Å². The number of benzene rings is 1. The number of likely N-dealkylation sites (tertiary alicyclic amines) is 1. The van der Waals surface area contributed by atoms with Crippen molar-refractivity contribution in [2.45, 2.75) is 65.2 Å². The van der Waals surface area contributed by atoms with Gasteiger partial charge in [-0.2, -0.15) is 0 Å². The van der Waals surface area contributed by atoms with Gasteiger partial charge in [0.25, 0.3) is 0 Å². The van der Waals surface area contributed by atoms with Gasteiger partial charge in [0.2, 0.25) is 0 Å². The molecule has 2 rings (SSSR count). The fourth-order valence-electron chi connectivity index (χ4n) is 3.15. The lowest BCUT2D eigenvalue weighted by molar-refractivity contribution is 0.00432. The number of ether oxygens (including phenoxy) is 2. The molecular weight excluding hydrogens is 344 g/mol. The number of hydrogen-bond acceptors (Lipinski definition) is 4. The maximum absolute atomic E-state index is 12.5. The van der Waals surface area contributed by atoms with Gasteiger partial charge in [-0.25, -0.2) is 9.59 Å². The fraction of sp³-hybridized carbons (Fsp3) is 0.619. The van der Waals surface area contributed by atoms with Crippen LogP contribution in [0.15, 0.2) is 30.3 Å². The molecule has 1 aromatic rings. The summed E-state index contributed by atoms with van der Waals surface area (Å²) >= 11 is 0. The molecule has 1 saturated heterocycles. The molecule has 1 aliphatic rings. The van der Waals surface area contributed by atoms with E-state index in [2.05, 4.69) is 0 Å². The molecule has 1 unspecified atom stereocenters. The Kier molecular flexibility index (Phi) is 7.51. The highest BCUT2D eigenvalue weighted by molar-refractivity contribution is 5.70. The van der Waals surface area contributed by atoms with Crippen LogP contribution in [0.1, 0.15) is 52.5 Å². The van der Waals surface area contributed by atoms with Crippen molar-refractivity contribution >= 4 is 12.2 Å². The number of piperidine rings is 1. The van der Waals surface area contributed by atoms with Crippen molar-refractivity contribution in [3.05, 3.63) is 35.9 Å². The number of carbonyl (C=O) groups excluding carboxylic acids is 2. The van der Waals surface area contributed by atoms with Crippen LogP contribution in [0.4, 0.5) is 9.59 Å². The molecule has 1 heterocycles. The third-order valence-corrected chi connectivity index (χ3v) is 4.53. The van der Waals surface area contributed by atoms with Crippen LogP contribution in [0.5, 0.6) is 0 Å². The van der Waals surface area contributed by atoms with E-state index in [1.54, 1.807) is 9.80 Å². The van der Waals surface area contributed by atoms with E-state index in [0.29, 0.717) is 19.6 Å². The third kappa shape index (κ3) is 6.77. The third-order valence-electron chi connectivity index (χ3n) is 4.53. The molecule has 150 valence electrons. The largest absolute Gasteiger partial charge is 0.445 e. The van der Waals surface area contributed by atoms with Gasteiger partial charge < -0.3 is 19.3 Å². The highest BCUT2D eigenvalue weighted by Crippen LogP contribution is 2.21. The SMILES string of the molecule is CCN(CC1CCCCN1C(=O)OC(C)(C)C)C(=O)OCc1ccccc1. The fourth-order valence-corrected chi connectivity index (χ4v) is 3.15. The molecule has 6 nitrogen and oxygen atoms in total. The van der Waals surface area contributed by atoms with Crippen molar-refractivity contribution in [1.82, 2.24) is 9.80 Å². The van der Waals surface area contributed by atoms with Crippen molar-refractivity contribution in [1.29, 1.82) is 0 Å². The number of amides is 2. The van der Waals surface area contributed by atoms with Crippen molar-refractivity contribution in [2.24, 2.45) is 0 Å². The summed E-state index contributed by atoms with van der Waals surface area (Å²) in [5.74, 6) is 0. The van der Waals surface area contributed by atoms with Gasteiger partial charge in [-0.3, -0.25) is 0 Å². The quantitative estimate of drug-likeness (QED) is 0.762. The molecule has 2 amide bonds. The summed E-state index contributed by atoms with van der Waals surface area (Å²) in [6.07, 6.45) is 2.21. The van der Waals surface area contributed by atoms with Gasteiger partial charge in [0, 0.05) is 19.6 Å². The van der Waals surface area contributed by atoms with E-state index < -0.39 is 5.60 Å². The van der Waals surface area contributed by atoms with Crippen LogP contribution in [-0.4, -0.2) is 53.3 Å². The Morgan fingerprint density at radius 2 is 1.89 bits per heavy atom. The highest BCUT2D eigenvalue weighted by atomic mass is 16.6. The van der Waals surface area contributed by atoms with Crippen LogP contribution < -0.4 is 0 Å². The van der Waals surface area contributed by atoms with E-state index >= 15 is 0 Å². The Labute approximate surface area is 162 Å². The number of nitrogens with zero attached hydrogens (tertiary/aromatic N) is 2. The van der Waals surface area contributed by atoms with Gasteiger partial charge in [-0.05, 0) is 52.5 Å². The first-order chi connectivity index (χ1) is 12.8. The monoisotopic (exact) mass is 376 g/mol. The standard InChI is InChI=1S/C21H32N2O4/c1-5-22(19(24)26-16-17-11-7-6-8-12-17)15-18-13-9-10-14-23(18)20(25)27-21(2,3)4/h6-8,11-12,18H,5,9-10,13-16H2,1-4H3. The summed E-state index contributed by atoms with van der Waals surface area (Å²) in [7, 11) is 0. The average Bonchev–Trinajstić information content (AvgIpc) is 2.64. The Morgan fingerprint density at radius 1 is 1.19 bits per heavy atom. The molecule has 6 heteroatoms. The second-order valence-corrected chi connectivity index (χ2v) is 7.90. The van der Waals surface area contributed by atoms with Crippen LogP contribution in [0, 0.1) is 0 Å². The molecule has 0 aliphatic carbocycles. The van der Waals surface area contributed by atoms with Crippen molar-refractivity contribution in [3.8, 4) is 0 Å². The van der Waals surface area contributed by atoms with Crippen molar-refractivity contribution < 1.29 is 19.1 Å². The van der Waals surface area contributed by atoms with Gasteiger partial charge in [0.05, 0.1) is 6.04 Å². The number of likely N-dealkylation sites (N-methyl/N-ethyl adjacent to an activating group) is 1. The lowest BCUT2D eigenvalue weighted by atomic mass is 10.0. The van der Waals surface area contributed by atoms with Crippen molar-refractivity contribution in [3.63, 3.8) is 0 Å². The zero-order chi connectivity index (χ0) is 19.9. The number of rotatable bonds is 5. The second-order valence-electron chi connectivity index (χ2n) is 7.90. The zero-order valence-corrected chi connectivity index (χ0v) is 16.9. The predicted molar refractivity (Wildman–Crippen MR) is 104 cm³/mol. The molecular formula is C21H32N2O4. The van der Waals surface area contributed by atoms with Gasteiger partial charge in [0.15, 0.2) is 0 Å². The normalized spacial score (nSPS) is 17.3. The van der Waals surface area contributed by atoms with E-state index in [4.69, 9.17) is 9.47 Å². The first-order valence-electron chi connectivity index (χ1n) is 9.75. The Balaban J connectivity index is 1.95. The maximum atomic E-state index is 12.5. The molecule has 1 atom stereocenters. The van der Waals surface area contributed by atoms with E-state index in [9.17, 15) is 9.59 Å². The highest BCUT2D eigenvalue weighted by Gasteiger charge is 2.32. The molecule has 0 spiro atoms. The number of hydrogen-bond donors (Lipinski definition) is 0. The molecule has 0 bridgehead atoms. The molecule has 0 radical (unpaired) electrons. The summed E-state index contributed by atoms with van der Waals surface area (Å²) in [5.41, 5.74) is 0.424. The second kappa shape index (κ2) is 9.62. The summed E-state index contributed by atoms with van der Waals surface area (Å²) in [6.45, 7) is 9.42. The van der Waals surface area contributed by atoms with Gasteiger partial charge >= 0.3 is 12.2 Å². The molecule has 0 saturated carbocycles. The summed E-state index contributed by atoms with van der Waals surface area (Å²) < 4.78 is 11.0. The van der Waals surface area contributed by atoms with Crippen LogP contribution in [0.25, 0.3) is 0 Å². The molecule has 0 N–H and O–H groups in total. The zero-order valence-electron chi connectivity index (χ0n) is 16.9. The van der Waals surface area contributed by atoms with E-state index in [1.165, 1.54) is 0 Å². The molecule has 1 aliphatic heterocycles. The minimum atomic E-state index is -0.530. The minimum absolute atomic E-state index is 0.0437. The number of carbonyl (C=O) groups is 2. The summed E-state index contributed by atoms with van der Waals surface area (Å²) in [4.78, 5) is 28.5. The topological polar surface area (TPSA) is 59.1 Å². The lowest BCUT2D eigenvalue weighted by Gasteiger charge is -2.38. The van der Waals surface area contributed by atoms with E-state index in [-0.39, 0.29) is 24.8 Å². The van der Waals surface area contributed by atoms with E-state index in [1.807, 2.05) is 58.0 Å². The predicted octanol–water partition coefficient (Wildman–Crippen LogP) is 4.43. The van der Waals surface area contributed by atoms with Crippen LogP contribution >= 0.6 is 0 Å². The van der Waals surface area contributed by atoms with Gasteiger partial charge in [0.1, 0.15) is 12.2 Å². The minimum Gasteiger partial charge on any atom is -0.445 e. The summed E-state index contributed by atoms with van der Waals surface area (Å²) in [6, 6.07) is 9.57. The van der Waals surface area contributed by atoms with Gasteiger partial charge in [-0.15, -0.1) is 0 Å². The molecule has 0 aromatic heterocycles. The van der Waals surface area contributed by atoms with Gasteiger partial charge in [-0.1, -0.05) is 30.3 Å². The van der Waals surface area contributed by atoms with Crippen LogP contribution in [0.2, 0.25) is 0 Å². The first-order valence-corrected chi connectivity index (χ1v) is 9.75. The smallest absolute Gasteiger partial charge is 0.410 e. The maximum Gasteiger partial charge on any atom is 0.410 e. The Morgan fingerprint density at radius 3 is 2.52 bits per heavy atom. The lowest BCUT2D eigenvalue weighted by Crippen LogP contribution is -2.51. The van der Waals surface area contributed by atoms with Crippen LogP contribution in [0.3, 0.4) is 0 Å². The average molecular weight is 376 g/mol. The molecule has 1 fully saturated rings. The first kappa shape index (κ1) is 21.1. The Bertz CT molecular complexity index is 612. The molecule has 1 aromatic carbocycles. The van der Waals surface area contributed by atoms with Crippen molar-refractivity contribution in [2.75, 3.05) is 19.6 Å². The Hall–Kier alpha value is -2.24.